The van der Waals surface area contributed by atoms with E-state index in [4.69, 9.17) is 0 Å². The Morgan fingerprint density at radius 3 is 2.43 bits per heavy atom. The van der Waals surface area contributed by atoms with E-state index < -0.39 is 41.5 Å². The Bertz CT molecular complexity index is 518. The van der Waals surface area contributed by atoms with Crippen molar-refractivity contribution < 1.29 is 41.0 Å². The number of hydrogen-bond acceptors (Lipinski definition) is 5. The molecule has 0 saturated heterocycles. The number of rotatable bonds is 5. The Morgan fingerprint density at radius 1 is 1.38 bits per heavy atom. The van der Waals surface area contributed by atoms with Gasteiger partial charge in [-0.25, -0.2) is 18.6 Å². The van der Waals surface area contributed by atoms with Crippen LogP contribution in [0.4, 0.5) is 22.0 Å². The summed E-state index contributed by atoms with van der Waals surface area (Å²) >= 11 is 0. The number of alkyl halides is 5. The molecule has 21 heavy (non-hydrogen) atoms. The number of methoxy groups -OCH3 is 1. The van der Waals surface area contributed by atoms with Gasteiger partial charge < -0.3 is 14.2 Å². The van der Waals surface area contributed by atoms with Gasteiger partial charge in [0.2, 0.25) is 5.75 Å². The van der Waals surface area contributed by atoms with Crippen molar-refractivity contribution in [3.8, 4) is 11.6 Å². The fourth-order valence-electron chi connectivity index (χ4n) is 1.44. The molecule has 0 bridgehead atoms. The number of pyridine rings is 1. The predicted molar refractivity (Wildman–Crippen MR) is 58.4 cm³/mol. The van der Waals surface area contributed by atoms with E-state index in [2.05, 4.69) is 19.2 Å². The van der Waals surface area contributed by atoms with Crippen LogP contribution in [0.2, 0.25) is 0 Å². The zero-order chi connectivity index (χ0) is 16.2. The molecule has 1 aromatic heterocycles. The minimum absolute atomic E-state index is 0.150. The Balaban J connectivity index is 3.48. The third-order valence-corrected chi connectivity index (χ3v) is 2.16. The van der Waals surface area contributed by atoms with E-state index in [0.717, 1.165) is 7.11 Å². The van der Waals surface area contributed by atoms with Crippen LogP contribution >= 0.6 is 0 Å². The van der Waals surface area contributed by atoms with E-state index >= 15 is 0 Å². The molecule has 1 rings (SSSR count). The third-order valence-electron chi connectivity index (χ3n) is 2.16. The highest BCUT2D eigenvalue weighted by Crippen LogP contribution is 2.40. The van der Waals surface area contributed by atoms with Crippen LogP contribution in [-0.4, -0.2) is 31.0 Å². The molecule has 1 heterocycles. The molecule has 0 fully saturated rings. The second-order valence-electron chi connectivity index (χ2n) is 3.49. The lowest BCUT2D eigenvalue weighted by Gasteiger charge is -2.17. The first-order valence-electron chi connectivity index (χ1n) is 5.49. The van der Waals surface area contributed by atoms with Crippen molar-refractivity contribution in [3.05, 3.63) is 17.3 Å². The van der Waals surface area contributed by atoms with Crippen LogP contribution in [0.15, 0.2) is 6.20 Å². The summed E-state index contributed by atoms with van der Waals surface area (Å²) in [5, 5.41) is 0. The summed E-state index contributed by atoms with van der Waals surface area (Å²) in [6.45, 7) is 1.26. The Hall–Kier alpha value is -2.13. The van der Waals surface area contributed by atoms with Crippen molar-refractivity contribution in [3.63, 3.8) is 0 Å². The van der Waals surface area contributed by atoms with Crippen LogP contribution in [0.3, 0.4) is 0 Å². The Kier molecular flexibility index (Phi) is 5.28. The van der Waals surface area contributed by atoms with Crippen LogP contribution in [0.5, 0.6) is 11.6 Å². The molecule has 118 valence electrons. The fourth-order valence-corrected chi connectivity index (χ4v) is 1.44. The molecule has 0 aromatic carbocycles. The summed E-state index contributed by atoms with van der Waals surface area (Å²) in [4.78, 5) is 14.9. The van der Waals surface area contributed by atoms with Crippen molar-refractivity contribution >= 4 is 5.97 Å². The average Bonchev–Trinajstić information content (AvgIpc) is 2.36. The van der Waals surface area contributed by atoms with Gasteiger partial charge in [-0.05, 0) is 6.92 Å². The summed E-state index contributed by atoms with van der Waals surface area (Å²) in [6.07, 6.45) is -8.05. The van der Waals surface area contributed by atoms with E-state index in [-0.39, 0.29) is 6.61 Å². The number of carbonyl (C=O) groups excluding carboxylic acids is 1. The molecule has 0 N–H and O–H groups in total. The molecule has 0 aliphatic heterocycles. The monoisotopic (exact) mass is 315 g/mol. The predicted octanol–water partition coefficient (Wildman–Crippen LogP) is 3.10. The van der Waals surface area contributed by atoms with Crippen LogP contribution in [0.25, 0.3) is 0 Å². The summed E-state index contributed by atoms with van der Waals surface area (Å²) in [5.74, 6) is -3.43. The van der Waals surface area contributed by atoms with Crippen LogP contribution in [-0.2, 0) is 4.74 Å². The van der Waals surface area contributed by atoms with Crippen molar-refractivity contribution in [1.82, 2.24) is 4.98 Å². The van der Waals surface area contributed by atoms with Gasteiger partial charge in [0.1, 0.15) is 0 Å². The van der Waals surface area contributed by atoms with Gasteiger partial charge in [-0.3, -0.25) is 0 Å². The van der Waals surface area contributed by atoms with Gasteiger partial charge in [0, 0.05) is 6.20 Å². The Labute approximate surface area is 115 Å². The summed E-state index contributed by atoms with van der Waals surface area (Å²) in [5.41, 5.74) is -2.12. The first-order chi connectivity index (χ1) is 9.71. The molecule has 0 saturated carbocycles. The first kappa shape index (κ1) is 16.9. The van der Waals surface area contributed by atoms with Gasteiger partial charge in [-0.1, -0.05) is 0 Å². The molecule has 0 radical (unpaired) electrons. The van der Waals surface area contributed by atoms with Gasteiger partial charge in [0.15, 0.2) is 0 Å². The quantitative estimate of drug-likeness (QED) is 0.617. The van der Waals surface area contributed by atoms with E-state index in [1.165, 1.54) is 6.92 Å². The van der Waals surface area contributed by atoms with Gasteiger partial charge in [-0.15, -0.1) is 13.2 Å². The van der Waals surface area contributed by atoms with E-state index in [1.807, 2.05) is 0 Å². The number of halogens is 5. The van der Waals surface area contributed by atoms with Crippen molar-refractivity contribution in [2.45, 2.75) is 19.7 Å². The van der Waals surface area contributed by atoms with Gasteiger partial charge in [0.05, 0.1) is 24.8 Å². The summed E-state index contributed by atoms with van der Waals surface area (Å²) in [7, 11) is 0.921. The zero-order valence-electron chi connectivity index (χ0n) is 10.8. The maximum absolute atomic E-state index is 13.0. The minimum Gasteiger partial charge on any atom is -0.478 e. The average molecular weight is 315 g/mol. The SMILES string of the molecule is CCOC(=O)c1cnc(OC)c(OC(F)(F)F)c1C(F)F. The third kappa shape index (κ3) is 4.17. The molecular weight excluding hydrogens is 305 g/mol. The molecule has 0 amide bonds. The minimum atomic E-state index is -5.26. The van der Waals surface area contributed by atoms with Crippen LogP contribution < -0.4 is 9.47 Å². The number of ether oxygens (including phenoxy) is 3. The lowest BCUT2D eigenvalue weighted by atomic mass is 10.1. The number of aromatic nitrogens is 1. The molecule has 0 unspecified atom stereocenters. The highest BCUT2D eigenvalue weighted by Gasteiger charge is 2.37. The van der Waals surface area contributed by atoms with Gasteiger partial charge in [-0.2, -0.15) is 0 Å². The lowest BCUT2D eigenvalue weighted by Crippen LogP contribution is -2.21. The van der Waals surface area contributed by atoms with Crippen LogP contribution in [0, 0.1) is 0 Å². The Morgan fingerprint density at radius 2 is 2.00 bits per heavy atom. The van der Waals surface area contributed by atoms with Crippen LogP contribution in [0.1, 0.15) is 29.3 Å². The second kappa shape index (κ2) is 6.55. The molecule has 0 atom stereocenters. The maximum atomic E-state index is 13.0. The largest absolute Gasteiger partial charge is 0.573 e. The molecule has 0 aliphatic carbocycles. The molecule has 5 nitrogen and oxygen atoms in total. The lowest BCUT2D eigenvalue weighted by molar-refractivity contribution is -0.275. The number of hydrogen-bond donors (Lipinski definition) is 0. The summed E-state index contributed by atoms with van der Waals surface area (Å²) < 4.78 is 75.5. The normalized spacial score (nSPS) is 11.4. The highest BCUT2D eigenvalue weighted by atomic mass is 19.4. The summed E-state index contributed by atoms with van der Waals surface area (Å²) in [6, 6.07) is 0. The maximum Gasteiger partial charge on any atom is 0.573 e. The molecular formula is C11H10F5NO4. The number of esters is 1. The highest BCUT2D eigenvalue weighted by molar-refractivity contribution is 5.92. The van der Waals surface area contributed by atoms with Gasteiger partial charge in [0.25, 0.3) is 12.3 Å². The zero-order valence-corrected chi connectivity index (χ0v) is 10.8. The molecule has 10 heteroatoms. The number of carbonyl (C=O) groups is 1. The smallest absolute Gasteiger partial charge is 0.478 e. The van der Waals surface area contributed by atoms with E-state index in [0.29, 0.717) is 6.20 Å². The van der Waals surface area contributed by atoms with E-state index in [1.54, 1.807) is 0 Å². The number of nitrogens with zero attached hydrogens (tertiary/aromatic N) is 1. The topological polar surface area (TPSA) is 57.7 Å². The second-order valence-corrected chi connectivity index (χ2v) is 3.49. The first-order valence-corrected chi connectivity index (χ1v) is 5.49. The van der Waals surface area contributed by atoms with Crippen molar-refractivity contribution in [1.29, 1.82) is 0 Å². The molecule has 1 aromatic rings. The van der Waals surface area contributed by atoms with E-state index in [9.17, 15) is 26.7 Å². The van der Waals surface area contributed by atoms with Crippen molar-refractivity contribution in [2.24, 2.45) is 0 Å². The van der Waals surface area contributed by atoms with Gasteiger partial charge >= 0.3 is 12.3 Å². The van der Waals surface area contributed by atoms with Crippen molar-refractivity contribution in [2.75, 3.05) is 13.7 Å². The standard InChI is InChI=1S/C11H10F5NO4/c1-3-20-10(18)5-4-17-9(19-2)7(6(5)8(12)13)21-11(14,15)16/h4,8H,3H2,1-2H3. The fraction of sp³-hybridized carbons (Fsp3) is 0.455. The molecule has 0 aliphatic rings. The molecule has 0 spiro atoms.